The maximum atomic E-state index is 5.99. The molecule has 3 rings (SSSR count). The predicted molar refractivity (Wildman–Crippen MR) is 99.4 cm³/mol. The number of aliphatic imine (C=N–C) groups is 1. The van der Waals surface area contributed by atoms with Crippen LogP contribution in [0, 0.1) is 6.92 Å². The van der Waals surface area contributed by atoms with Gasteiger partial charge in [-0.1, -0.05) is 18.2 Å². The number of furan rings is 1. The van der Waals surface area contributed by atoms with Gasteiger partial charge in [-0.25, -0.2) is 4.99 Å². The van der Waals surface area contributed by atoms with Crippen molar-refractivity contribution in [3.05, 3.63) is 53.8 Å². The number of hydrogen-bond donors (Lipinski definition) is 2. The van der Waals surface area contributed by atoms with Crippen molar-refractivity contribution in [2.45, 2.75) is 13.5 Å². The molecule has 0 saturated carbocycles. The minimum Gasteiger partial charge on any atom is -0.493 e. The number of fused-ring (bicyclic) bond motifs is 1. The van der Waals surface area contributed by atoms with Crippen LogP contribution in [-0.2, 0) is 6.54 Å². The van der Waals surface area contributed by atoms with Gasteiger partial charge in [0.1, 0.15) is 17.9 Å². The molecule has 0 aliphatic rings. The number of nitrogens with zero attached hydrogens (tertiary/aromatic N) is 1. The van der Waals surface area contributed by atoms with Crippen LogP contribution in [0.4, 0.5) is 5.69 Å². The molecule has 130 valence electrons. The van der Waals surface area contributed by atoms with Gasteiger partial charge < -0.3 is 24.9 Å². The van der Waals surface area contributed by atoms with Crippen molar-refractivity contribution < 1.29 is 13.9 Å². The molecule has 25 heavy (non-hydrogen) atoms. The van der Waals surface area contributed by atoms with Gasteiger partial charge in [0.05, 0.1) is 14.2 Å². The molecule has 0 aliphatic heterocycles. The molecule has 3 N–H and O–H groups in total. The van der Waals surface area contributed by atoms with Crippen LogP contribution in [0.5, 0.6) is 11.5 Å². The molecule has 0 radical (unpaired) electrons. The number of guanidine groups is 1. The Hall–Kier alpha value is -3.15. The number of rotatable bonds is 5. The van der Waals surface area contributed by atoms with Crippen LogP contribution in [-0.4, -0.2) is 20.2 Å². The maximum Gasteiger partial charge on any atom is 0.193 e. The Bertz CT molecular complexity index is 915. The summed E-state index contributed by atoms with van der Waals surface area (Å²) in [5.41, 5.74) is 8.69. The summed E-state index contributed by atoms with van der Waals surface area (Å²) in [6.45, 7) is 2.39. The van der Waals surface area contributed by atoms with Crippen molar-refractivity contribution in [1.82, 2.24) is 0 Å². The first-order valence-electron chi connectivity index (χ1n) is 7.88. The molecular formula is C19H21N3O3. The van der Waals surface area contributed by atoms with E-state index in [1.54, 1.807) is 26.4 Å². The Morgan fingerprint density at radius 1 is 1.12 bits per heavy atom. The van der Waals surface area contributed by atoms with Crippen molar-refractivity contribution in [1.29, 1.82) is 0 Å². The number of benzene rings is 2. The Balaban J connectivity index is 1.74. The zero-order chi connectivity index (χ0) is 17.8. The van der Waals surface area contributed by atoms with Gasteiger partial charge in [-0.15, -0.1) is 0 Å². The molecule has 0 bridgehead atoms. The molecule has 1 aromatic heterocycles. The van der Waals surface area contributed by atoms with Gasteiger partial charge >= 0.3 is 0 Å². The maximum absolute atomic E-state index is 5.99. The molecule has 0 aliphatic carbocycles. The van der Waals surface area contributed by atoms with Crippen molar-refractivity contribution in [3.63, 3.8) is 0 Å². The Morgan fingerprint density at radius 3 is 2.60 bits per heavy atom. The van der Waals surface area contributed by atoms with Crippen LogP contribution >= 0.6 is 0 Å². The third-order valence-electron chi connectivity index (χ3n) is 3.99. The smallest absolute Gasteiger partial charge is 0.193 e. The molecule has 2 aromatic carbocycles. The van der Waals surface area contributed by atoms with Gasteiger partial charge in [0, 0.05) is 22.7 Å². The summed E-state index contributed by atoms with van der Waals surface area (Å²) < 4.78 is 16.3. The van der Waals surface area contributed by atoms with E-state index < -0.39 is 0 Å². The zero-order valence-corrected chi connectivity index (χ0v) is 14.5. The lowest BCUT2D eigenvalue weighted by atomic mass is 10.1. The first-order chi connectivity index (χ1) is 12.1. The largest absolute Gasteiger partial charge is 0.493 e. The van der Waals surface area contributed by atoms with E-state index in [2.05, 4.69) is 10.3 Å². The van der Waals surface area contributed by atoms with Crippen LogP contribution in [0.1, 0.15) is 11.3 Å². The average Bonchev–Trinajstić information content (AvgIpc) is 2.96. The lowest BCUT2D eigenvalue weighted by molar-refractivity contribution is 0.355. The highest BCUT2D eigenvalue weighted by Crippen LogP contribution is 2.29. The third-order valence-corrected chi connectivity index (χ3v) is 3.99. The van der Waals surface area contributed by atoms with Crippen molar-refractivity contribution in [2.24, 2.45) is 10.7 Å². The fourth-order valence-corrected chi connectivity index (χ4v) is 2.63. The highest BCUT2D eigenvalue weighted by Gasteiger charge is 2.09. The second-order valence-electron chi connectivity index (χ2n) is 5.54. The third kappa shape index (κ3) is 3.52. The molecule has 3 aromatic rings. The van der Waals surface area contributed by atoms with Gasteiger partial charge in [0.2, 0.25) is 0 Å². The normalized spacial score (nSPS) is 11.6. The van der Waals surface area contributed by atoms with E-state index in [-0.39, 0.29) is 0 Å². The van der Waals surface area contributed by atoms with E-state index in [1.165, 1.54) is 0 Å². The monoisotopic (exact) mass is 339 g/mol. The quantitative estimate of drug-likeness (QED) is 0.547. The van der Waals surface area contributed by atoms with Crippen molar-refractivity contribution in [2.75, 3.05) is 19.5 Å². The number of aryl methyl sites for hydroxylation is 1. The molecular weight excluding hydrogens is 318 g/mol. The number of para-hydroxylation sites is 1. The number of methoxy groups -OCH3 is 2. The SMILES string of the molecule is COc1ccc(NC(N)=NCc2oc3ccccc3c2C)cc1OC. The van der Waals surface area contributed by atoms with Crippen LogP contribution in [0.3, 0.4) is 0 Å². The molecule has 0 saturated heterocycles. The molecule has 0 amide bonds. The number of nitrogens with two attached hydrogens (primary N) is 1. The van der Waals surface area contributed by atoms with Crippen molar-refractivity contribution in [3.8, 4) is 11.5 Å². The summed E-state index contributed by atoms with van der Waals surface area (Å²) in [6.07, 6.45) is 0. The first-order valence-corrected chi connectivity index (χ1v) is 7.88. The summed E-state index contributed by atoms with van der Waals surface area (Å²) in [4.78, 5) is 4.36. The summed E-state index contributed by atoms with van der Waals surface area (Å²) in [5, 5.41) is 4.14. The van der Waals surface area contributed by atoms with Gasteiger partial charge in [0.15, 0.2) is 17.5 Å². The second kappa shape index (κ2) is 7.17. The van der Waals surface area contributed by atoms with Gasteiger partial charge in [-0.3, -0.25) is 0 Å². The minimum absolute atomic E-state index is 0.298. The Morgan fingerprint density at radius 2 is 1.88 bits per heavy atom. The fourth-order valence-electron chi connectivity index (χ4n) is 2.63. The molecule has 0 spiro atoms. The van der Waals surface area contributed by atoms with E-state index >= 15 is 0 Å². The van der Waals surface area contributed by atoms with Crippen LogP contribution in [0.15, 0.2) is 51.9 Å². The lowest BCUT2D eigenvalue weighted by Crippen LogP contribution is -2.22. The van der Waals surface area contributed by atoms with E-state index in [9.17, 15) is 0 Å². The number of anilines is 1. The highest BCUT2D eigenvalue weighted by atomic mass is 16.5. The fraction of sp³-hybridized carbons (Fsp3) is 0.211. The topological polar surface area (TPSA) is 82.0 Å². The van der Waals surface area contributed by atoms with Crippen LogP contribution in [0.25, 0.3) is 11.0 Å². The minimum atomic E-state index is 0.298. The van der Waals surface area contributed by atoms with E-state index in [0.717, 1.165) is 28.0 Å². The van der Waals surface area contributed by atoms with Crippen LogP contribution in [0.2, 0.25) is 0 Å². The first kappa shape index (κ1) is 16.7. The summed E-state index contributed by atoms with van der Waals surface area (Å²) >= 11 is 0. The molecule has 0 unspecified atom stereocenters. The molecule has 1 heterocycles. The number of ether oxygens (including phenoxy) is 2. The number of nitrogens with one attached hydrogen (secondary N) is 1. The van der Waals surface area contributed by atoms with Gasteiger partial charge in [-0.2, -0.15) is 0 Å². The highest BCUT2D eigenvalue weighted by molar-refractivity contribution is 5.92. The van der Waals surface area contributed by atoms with Gasteiger partial charge in [0.25, 0.3) is 0 Å². The standard InChI is InChI=1S/C19H21N3O3/c1-12-14-6-4-5-7-15(14)25-18(12)11-21-19(20)22-13-8-9-16(23-2)17(10-13)24-3/h4-10H,11H2,1-3H3,(H3,20,21,22). The molecule has 0 atom stereocenters. The zero-order valence-electron chi connectivity index (χ0n) is 14.5. The Kier molecular flexibility index (Phi) is 4.79. The second-order valence-corrected chi connectivity index (χ2v) is 5.54. The predicted octanol–water partition coefficient (Wildman–Crippen LogP) is 3.69. The lowest BCUT2D eigenvalue weighted by Gasteiger charge is -2.10. The van der Waals surface area contributed by atoms with Gasteiger partial charge in [-0.05, 0) is 25.1 Å². The molecule has 0 fully saturated rings. The van der Waals surface area contributed by atoms with Crippen LogP contribution < -0.4 is 20.5 Å². The Labute approximate surface area is 146 Å². The van der Waals surface area contributed by atoms with E-state index in [0.29, 0.717) is 24.0 Å². The van der Waals surface area contributed by atoms with E-state index in [1.807, 2.05) is 37.3 Å². The molecule has 6 heteroatoms. The van der Waals surface area contributed by atoms with E-state index in [4.69, 9.17) is 19.6 Å². The summed E-state index contributed by atoms with van der Waals surface area (Å²) in [5.74, 6) is 2.38. The summed E-state index contributed by atoms with van der Waals surface area (Å²) in [6, 6.07) is 13.4. The molecule has 6 nitrogen and oxygen atoms in total. The van der Waals surface area contributed by atoms with Crippen molar-refractivity contribution >= 4 is 22.6 Å². The summed E-state index contributed by atoms with van der Waals surface area (Å²) in [7, 11) is 3.18. The number of hydrogen-bond acceptors (Lipinski definition) is 4. The average molecular weight is 339 g/mol.